The van der Waals surface area contributed by atoms with Crippen molar-refractivity contribution in [3.63, 3.8) is 0 Å². The van der Waals surface area contributed by atoms with Gasteiger partial charge in [0.2, 0.25) is 0 Å². The summed E-state index contributed by atoms with van der Waals surface area (Å²) < 4.78 is 11.7. The number of nitrogens with zero attached hydrogens (tertiary/aromatic N) is 2. The van der Waals surface area contributed by atoms with E-state index in [4.69, 9.17) is 14.3 Å². The second-order valence-electron chi connectivity index (χ2n) is 13.0. The Hall–Kier alpha value is -4.46. The highest BCUT2D eigenvalue weighted by Crippen LogP contribution is 2.31. The molecule has 0 radical (unpaired) electrons. The topological polar surface area (TPSA) is 94.5 Å². The third-order valence-corrected chi connectivity index (χ3v) is 8.95. The van der Waals surface area contributed by atoms with Crippen LogP contribution in [0.25, 0.3) is 0 Å². The molecule has 268 valence electrons. The minimum Gasteiger partial charge on any atom is -0.494 e. The summed E-state index contributed by atoms with van der Waals surface area (Å²) in [6.45, 7) is 5.70. The molecule has 0 unspecified atom stereocenters. The van der Waals surface area contributed by atoms with Crippen LogP contribution in [0.1, 0.15) is 143 Å². The van der Waals surface area contributed by atoms with Crippen LogP contribution in [0.3, 0.4) is 0 Å². The summed E-state index contributed by atoms with van der Waals surface area (Å²) in [6, 6.07) is 20.3. The molecule has 0 atom stereocenters. The van der Waals surface area contributed by atoms with Gasteiger partial charge in [0.15, 0.2) is 5.71 Å². The molecule has 0 aromatic heterocycles. The lowest BCUT2D eigenvalue weighted by Crippen LogP contribution is -2.36. The van der Waals surface area contributed by atoms with Crippen LogP contribution >= 0.6 is 0 Å². The van der Waals surface area contributed by atoms with Gasteiger partial charge in [-0.3, -0.25) is 9.59 Å². The molecule has 0 saturated heterocycles. The van der Waals surface area contributed by atoms with Crippen molar-refractivity contribution in [2.45, 2.75) is 117 Å². The molecule has 1 aliphatic heterocycles. The first-order chi connectivity index (χ1) is 24.5. The number of oxime groups is 1. The monoisotopic (exact) mass is 682 g/mol. The van der Waals surface area contributed by atoms with Crippen LogP contribution in [0.2, 0.25) is 0 Å². The summed E-state index contributed by atoms with van der Waals surface area (Å²) in [5.41, 5.74) is 1.28. The van der Waals surface area contributed by atoms with E-state index < -0.39 is 17.8 Å². The van der Waals surface area contributed by atoms with Gasteiger partial charge in [-0.15, -0.1) is 0 Å². The molecule has 2 amide bonds. The Morgan fingerprint density at radius 1 is 0.580 bits per heavy atom. The van der Waals surface area contributed by atoms with Crippen LogP contribution in [-0.2, 0) is 9.63 Å². The Labute approximate surface area is 298 Å². The average Bonchev–Trinajstić information content (AvgIpc) is 3.43. The Bertz CT molecular complexity index is 1520. The van der Waals surface area contributed by atoms with Gasteiger partial charge >= 0.3 is 5.97 Å². The first-order valence-electron chi connectivity index (χ1n) is 18.8. The van der Waals surface area contributed by atoms with Gasteiger partial charge in [-0.05, 0) is 67.4 Å². The Morgan fingerprint density at radius 2 is 1.04 bits per heavy atom. The fourth-order valence-electron chi connectivity index (χ4n) is 5.99. The number of amides is 2. The lowest BCUT2D eigenvalue weighted by molar-refractivity contribution is -0.111. The van der Waals surface area contributed by atoms with Gasteiger partial charge in [-0.1, -0.05) is 127 Å². The van der Waals surface area contributed by atoms with Crippen LogP contribution < -0.4 is 14.4 Å². The number of anilines is 1. The fourth-order valence-corrected chi connectivity index (χ4v) is 5.99. The van der Waals surface area contributed by atoms with E-state index in [0.717, 1.165) is 30.6 Å². The molecule has 1 heterocycles. The zero-order valence-electron chi connectivity index (χ0n) is 30.0. The maximum absolute atomic E-state index is 13.6. The van der Waals surface area contributed by atoms with Gasteiger partial charge in [0.05, 0.1) is 24.5 Å². The molecule has 0 bridgehead atoms. The van der Waals surface area contributed by atoms with Crippen LogP contribution in [0.5, 0.6) is 11.5 Å². The molecule has 0 fully saturated rings. The highest BCUT2D eigenvalue weighted by molar-refractivity contribution is 6.58. The van der Waals surface area contributed by atoms with E-state index in [0.29, 0.717) is 41.5 Å². The van der Waals surface area contributed by atoms with Crippen molar-refractivity contribution in [2.75, 3.05) is 18.1 Å². The van der Waals surface area contributed by atoms with Crippen LogP contribution in [0, 0.1) is 0 Å². The normalized spacial score (nSPS) is 13.0. The number of benzene rings is 3. The third-order valence-electron chi connectivity index (χ3n) is 8.95. The van der Waals surface area contributed by atoms with Crippen molar-refractivity contribution < 1.29 is 28.7 Å². The lowest BCUT2D eigenvalue weighted by Gasteiger charge is -2.15. The smallest absolute Gasteiger partial charge is 0.365 e. The third kappa shape index (κ3) is 11.9. The van der Waals surface area contributed by atoms with Crippen LogP contribution in [0.4, 0.5) is 5.69 Å². The molecule has 8 nitrogen and oxygen atoms in total. The Balaban J connectivity index is 1.25. The van der Waals surface area contributed by atoms with Gasteiger partial charge in [0, 0.05) is 11.1 Å². The molecule has 3 aromatic rings. The molecular formula is C42H54N2O6. The van der Waals surface area contributed by atoms with E-state index in [-0.39, 0.29) is 11.3 Å². The van der Waals surface area contributed by atoms with Crippen molar-refractivity contribution in [2.24, 2.45) is 5.16 Å². The second-order valence-corrected chi connectivity index (χ2v) is 13.0. The number of ether oxygens (including phenoxy) is 2. The number of para-hydroxylation sites is 1. The zero-order chi connectivity index (χ0) is 35.4. The van der Waals surface area contributed by atoms with Gasteiger partial charge in [0.1, 0.15) is 11.5 Å². The number of unbranched alkanes of at least 4 members (excludes halogenated alkanes) is 14. The molecule has 1 aliphatic rings. The number of rotatable bonds is 23. The van der Waals surface area contributed by atoms with E-state index in [1.54, 1.807) is 72.8 Å². The first-order valence-corrected chi connectivity index (χ1v) is 18.8. The Morgan fingerprint density at radius 3 is 1.56 bits per heavy atom. The second kappa shape index (κ2) is 21.6. The van der Waals surface area contributed by atoms with Crippen molar-refractivity contribution in [3.05, 3.63) is 89.5 Å². The number of fused-ring (bicyclic) bond motifs is 1. The van der Waals surface area contributed by atoms with Gasteiger partial charge < -0.3 is 14.3 Å². The molecule has 0 saturated carbocycles. The quantitative estimate of drug-likeness (QED) is 0.0428. The van der Waals surface area contributed by atoms with E-state index in [1.165, 1.54) is 77.0 Å². The molecule has 4 rings (SSSR count). The van der Waals surface area contributed by atoms with E-state index in [2.05, 4.69) is 19.0 Å². The summed E-state index contributed by atoms with van der Waals surface area (Å²) in [4.78, 5) is 46.2. The minimum absolute atomic E-state index is 0.113. The van der Waals surface area contributed by atoms with Crippen LogP contribution in [0.15, 0.2) is 78.0 Å². The predicted octanol–water partition coefficient (Wildman–Crippen LogP) is 10.5. The lowest BCUT2D eigenvalue weighted by atomic mass is 10.1. The van der Waals surface area contributed by atoms with Crippen LogP contribution in [-0.4, -0.2) is 36.7 Å². The van der Waals surface area contributed by atoms with Gasteiger partial charge in [-0.2, -0.15) is 0 Å². The summed E-state index contributed by atoms with van der Waals surface area (Å²) in [5, 5.41) is 3.93. The zero-order valence-corrected chi connectivity index (χ0v) is 30.0. The summed E-state index contributed by atoms with van der Waals surface area (Å²) >= 11 is 0. The van der Waals surface area contributed by atoms with Crippen molar-refractivity contribution in [1.82, 2.24) is 0 Å². The summed E-state index contributed by atoms with van der Waals surface area (Å²) in [7, 11) is 0. The van der Waals surface area contributed by atoms with Crippen molar-refractivity contribution in [1.29, 1.82) is 0 Å². The number of hydrogen-bond acceptors (Lipinski definition) is 7. The fraction of sp³-hybridized carbons (Fsp3) is 0.476. The maximum Gasteiger partial charge on any atom is 0.365 e. The molecule has 50 heavy (non-hydrogen) atoms. The molecule has 0 N–H and O–H groups in total. The molecule has 3 aromatic carbocycles. The number of carbonyl (C=O) groups excluding carboxylic acids is 3. The number of imide groups is 1. The molecular weight excluding hydrogens is 628 g/mol. The SMILES string of the molecule is CCCCCCCCCCOc1ccc(C(=O)O/N=C2\C(=O)N(C(=O)c3ccc(OCCCCCCCCCC)cc3)c3ccccc32)cc1. The highest BCUT2D eigenvalue weighted by Gasteiger charge is 2.39. The van der Waals surface area contributed by atoms with E-state index >= 15 is 0 Å². The first kappa shape index (κ1) is 38.3. The standard InChI is InChI=1S/C42H54N2O6/c1-3-5-7-9-11-13-15-19-31-48-35-27-23-33(24-28-35)40(45)44-38-22-18-17-21-37(38)39(41(44)46)43-50-42(47)34-25-29-36(30-26-34)49-32-20-16-14-12-10-8-6-4-2/h17-18,21-30H,3-16,19-20,31-32H2,1-2H3/b43-39-. The van der Waals surface area contributed by atoms with Gasteiger partial charge in [-0.25, -0.2) is 9.69 Å². The number of carbonyl (C=O) groups is 3. The van der Waals surface area contributed by atoms with Gasteiger partial charge in [0.25, 0.3) is 11.8 Å². The number of hydrogen-bond donors (Lipinski definition) is 0. The average molecular weight is 683 g/mol. The molecule has 0 spiro atoms. The predicted molar refractivity (Wildman–Crippen MR) is 199 cm³/mol. The van der Waals surface area contributed by atoms with E-state index in [9.17, 15) is 14.4 Å². The highest BCUT2D eigenvalue weighted by atomic mass is 16.7. The minimum atomic E-state index is -0.718. The van der Waals surface area contributed by atoms with Crippen molar-refractivity contribution >= 4 is 29.2 Å². The Kier molecular flexibility index (Phi) is 16.6. The van der Waals surface area contributed by atoms with Crippen molar-refractivity contribution in [3.8, 4) is 11.5 Å². The largest absolute Gasteiger partial charge is 0.494 e. The summed E-state index contributed by atoms with van der Waals surface area (Å²) in [6.07, 6.45) is 19.6. The summed E-state index contributed by atoms with van der Waals surface area (Å²) in [5.74, 6) is -0.535. The maximum atomic E-state index is 13.6. The van der Waals surface area contributed by atoms with E-state index in [1.807, 2.05) is 0 Å². The molecule has 8 heteroatoms. The molecule has 0 aliphatic carbocycles.